The number of rotatable bonds is 7. The van der Waals surface area contributed by atoms with E-state index >= 15 is 0 Å². The number of amides is 1. The predicted octanol–water partition coefficient (Wildman–Crippen LogP) is -0.0155. The Balaban J connectivity index is 1.57. The van der Waals surface area contributed by atoms with Crippen LogP contribution in [0.15, 0.2) is 41.3 Å². The largest absolute Gasteiger partial charge is 0.497 e. The van der Waals surface area contributed by atoms with Crippen LogP contribution < -0.4 is 31.2 Å². The highest BCUT2D eigenvalue weighted by Gasteiger charge is 2.31. The number of carbonyl (C=O) groups is 1. The summed E-state index contributed by atoms with van der Waals surface area (Å²) in [5.74, 6) is 1.31. The maximum absolute atomic E-state index is 12.4. The third-order valence-corrected chi connectivity index (χ3v) is 4.44. The van der Waals surface area contributed by atoms with Gasteiger partial charge in [0.15, 0.2) is 0 Å². The van der Waals surface area contributed by atoms with Gasteiger partial charge in [0.25, 0.3) is 5.56 Å². The van der Waals surface area contributed by atoms with Gasteiger partial charge in [0.05, 0.1) is 26.8 Å². The number of ether oxygens (including phenoxy) is 2. The number of benzene rings is 1. The average Bonchev–Trinajstić information content (AvgIpc) is 3.19. The number of carbonyl (C=O) groups excluding carboxylic acids is 1. The average molecular weight is 373 g/mol. The van der Waals surface area contributed by atoms with Gasteiger partial charge >= 0.3 is 0 Å². The number of hydrogen-bond acceptors (Lipinski definition) is 7. The molecule has 144 valence electrons. The standard InChI is InChI=1S/C18H23N5O4/c1-26-12-5-6-16(27-2)13(10-12)14-11-15(22-21-14)18(25)19-8-9-23-17(24)4-3-7-20-23/h3-7,10,14-15,21-22H,8-9,11H2,1-2H3,(H,19,25). The quantitative estimate of drug-likeness (QED) is 0.626. The minimum atomic E-state index is -0.397. The lowest BCUT2D eigenvalue weighted by molar-refractivity contribution is -0.122. The molecule has 0 bridgehead atoms. The first kappa shape index (κ1) is 18.9. The Morgan fingerprint density at radius 2 is 2.15 bits per heavy atom. The Morgan fingerprint density at radius 3 is 2.89 bits per heavy atom. The van der Waals surface area contributed by atoms with Crippen molar-refractivity contribution in [3.63, 3.8) is 0 Å². The van der Waals surface area contributed by atoms with Crippen LogP contribution in [0.1, 0.15) is 18.0 Å². The van der Waals surface area contributed by atoms with Gasteiger partial charge in [0.1, 0.15) is 17.5 Å². The highest BCUT2D eigenvalue weighted by molar-refractivity contribution is 5.82. The Morgan fingerprint density at radius 1 is 1.30 bits per heavy atom. The monoisotopic (exact) mass is 373 g/mol. The maximum Gasteiger partial charge on any atom is 0.266 e. The lowest BCUT2D eigenvalue weighted by atomic mass is 10.0. The van der Waals surface area contributed by atoms with Crippen LogP contribution in [0.4, 0.5) is 0 Å². The molecule has 9 nitrogen and oxygen atoms in total. The summed E-state index contributed by atoms with van der Waals surface area (Å²) >= 11 is 0. The van der Waals surface area contributed by atoms with Crippen molar-refractivity contribution < 1.29 is 14.3 Å². The highest BCUT2D eigenvalue weighted by Crippen LogP contribution is 2.33. The molecule has 9 heteroatoms. The lowest BCUT2D eigenvalue weighted by Crippen LogP contribution is -2.44. The number of nitrogens with one attached hydrogen (secondary N) is 3. The van der Waals surface area contributed by atoms with Crippen molar-refractivity contribution in [1.29, 1.82) is 0 Å². The van der Waals surface area contributed by atoms with E-state index in [9.17, 15) is 9.59 Å². The molecule has 2 aromatic rings. The van der Waals surface area contributed by atoms with E-state index in [0.29, 0.717) is 19.5 Å². The maximum atomic E-state index is 12.4. The van der Waals surface area contributed by atoms with E-state index in [1.165, 1.54) is 16.9 Å². The normalized spacial score (nSPS) is 18.9. The highest BCUT2D eigenvalue weighted by atomic mass is 16.5. The van der Waals surface area contributed by atoms with Crippen molar-refractivity contribution in [1.82, 2.24) is 25.9 Å². The van der Waals surface area contributed by atoms with Gasteiger partial charge in [-0.15, -0.1) is 0 Å². The van der Waals surface area contributed by atoms with Crippen molar-refractivity contribution in [2.75, 3.05) is 20.8 Å². The number of methoxy groups -OCH3 is 2. The molecule has 3 rings (SSSR count). The van der Waals surface area contributed by atoms with E-state index in [-0.39, 0.29) is 17.5 Å². The van der Waals surface area contributed by atoms with Crippen LogP contribution >= 0.6 is 0 Å². The summed E-state index contributed by atoms with van der Waals surface area (Å²) in [4.78, 5) is 24.0. The van der Waals surface area contributed by atoms with E-state index in [0.717, 1.165) is 17.1 Å². The molecule has 27 heavy (non-hydrogen) atoms. The van der Waals surface area contributed by atoms with Crippen LogP contribution in [0.25, 0.3) is 0 Å². The van der Waals surface area contributed by atoms with Crippen LogP contribution in [0.5, 0.6) is 11.5 Å². The zero-order valence-electron chi connectivity index (χ0n) is 15.3. The SMILES string of the molecule is COc1ccc(OC)c(C2CC(C(=O)NCCn3ncccc3=O)NN2)c1. The molecule has 1 aliphatic heterocycles. The zero-order chi connectivity index (χ0) is 19.2. The molecule has 1 amide bonds. The minimum Gasteiger partial charge on any atom is -0.497 e. The second kappa shape index (κ2) is 8.65. The molecule has 0 radical (unpaired) electrons. The molecule has 3 N–H and O–H groups in total. The van der Waals surface area contributed by atoms with Crippen LogP contribution in [0.3, 0.4) is 0 Å². The van der Waals surface area contributed by atoms with Gasteiger partial charge in [0.2, 0.25) is 5.91 Å². The summed E-state index contributed by atoms with van der Waals surface area (Å²) in [6, 6.07) is 8.09. The fourth-order valence-electron chi connectivity index (χ4n) is 3.01. The third kappa shape index (κ3) is 4.44. The second-order valence-electron chi connectivity index (χ2n) is 6.11. The van der Waals surface area contributed by atoms with Gasteiger partial charge < -0.3 is 14.8 Å². The molecule has 0 aliphatic carbocycles. The molecule has 1 aromatic carbocycles. The number of hydrazine groups is 1. The molecule has 1 fully saturated rings. The molecule has 2 heterocycles. The first-order valence-electron chi connectivity index (χ1n) is 8.65. The van der Waals surface area contributed by atoms with Crippen molar-refractivity contribution in [3.05, 3.63) is 52.4 Å². The number of nitrogens with zero attached hydrogens (tertiary/aromatic N) is 2. The van der Waals surface area contributed by atoms with Crippen LogP contribution in [-0.4, -0.2) is 42.5 Å². The lowest BCUT2D eigenvalue weighted by Gasteiger charge is -2.15. The van der Waals surface area contributed by atoms with E-state index < -0.39 is 6.04 Å². The molecule has 2 unspecified atom stereocenters. The first-order valence-corrected chi connectivity index (χ1v) is 8.65. The smallest absolute Gasteiger partial charge is 0.266 e. The van der Waals surface area contributed by atoms with Crippen molar-refractivity contribution in [3.8, 4) is 11.5 Å². The summed E-state index contributed by atoms with van der Waals surface area (Å²) in [5.41, 5.74) is 6.86. The Hall–Kier alpha value is -2.91. The number of hydrogen-bond donors (Lipinski definition) is 3. The van der Waals surface area contributed by atoms with Gasteiger partial charge in [-0.2, -0.15) is 5.10 Å². The predicted molar refractivity (Wildman–Crippen MR) is 98.5 cm³/mol. The summed E-state index contributed by atoms with van der Waals surface area (Å²) in [6.07, 6.45) is 2.09. The Bertz CT molecular complexity index is 854. The molecule has 1 aliphatic rings. The summed E-state index contributed by atoms with van der Waals surface area (Å²) < 4.78 is 12.0. The zero-order valence-corrected chi connectivity index (χ0v) is 15.3. The van der Waals surface area contributed by atoms with Gasteiger partial charge in [-0.25, -0.2) is 15.5 Å². The topological polar surface area (TPSA) is 107 Å². The molecular weight excluding hydrogens is 350 g/mol. The third-order valence-electron chi connectivity index (χ3n) is 4.44. The second-order valence-corrected chi connectivity index (χ2v) is 6.11. The molecular formula is C18H23N5O4. The van der Waals surface area contributed by atoms with Crippen LogP contribution in [0.2, 0.25) is 0 Å². The Labute approximate surface area is 156 Å². The van der Waals surface area contributed by atoms with Gasteiger partial charge in [0, 0.05) is 24.4 Å². The van der Waals surface area contributed by atoms with Crippen LogP contribution in [-0.2, 0) is 11.3 Å². The fourth-order valence-corrected chi connectivity index (χ4v) is 3.01. The van der Waals surface area contributed by atoms with E-state index in [2.05, 4.69) is 21.3 Å². The fraction of sp³-hybridized carbons (Fsp3) is 0.389. The molecule has 0 spiro atoms. The minimum absolute atomic E-state index is 0.0933. The molecule has 1 aromatic heterocycles. The number of aromatic nitrogens is 2. The van der Waals surface area contributed by atoms with E-state index in [1.54, 1.807) is 20.3 Å². The summed E-state index contributed by atoms with van der Waals surface area (Å²) in [7, 11) is 3.21. The summed E-state index contributed by atoms with van der Waals surface area (Å²) in [5, 5.41) is 6.79. The van der Waals surface area contributed by atoms with Crippen LogP contribution in [0, 0.1) is 0 Å². The van der Waals surface area contributed by atoms with Crippen molar-refractivity contribution in [2.45, 2.75) is 25.0 Å². The molecule has 1 saturated heterocycles. The van der Waals surface area contributed by atoms with E-state index in [1.807, 2.05) is 18.2 Å². The van der Waals surface area contributed by atoms with Gasteiger partial charge in [-0.05, 0) is 30.7 Å². The molecule has 2 atom stereocenters. The van der Waals surface area contributed by atoms with Gasteiger partial charge in [-0.3, -0.25) is 9.59 Å². The Kier molecular flexibility index (Phi) is 6.05. The van der Waals surface area contributed by atoms with E-state index in [4.69, 9.17) is 9.47 Å². The summed E-state index contributed by atoms with van der Waals surface area (Å²) in [6.45, 7) is 0.639. The van der Waals surface area contributed by atoms with Crippen molar-refractivity contribution >= 4 is 5.91 Å². The van der Waals surface area contributed by atoms with Gasteiger partial charge in [-0.1, -0.05) is 0 Å². The van der Waals surface area contributed by atoms with Crippen molar-refractivity contribution in [2.24, 2.45) is 0 Å². The first-order chi connectivity index (χ1) is 13.1. The molecule has 0 saturated carbocycles.